The minimum absolute atomic E-state index is 0.0367. The predicted octanol–water partition coefficient (Wildman–Crippen LogP) is -0.307. The Labute approximate surface area is 134 Å². The fourth-order valence-corrected chi connectivity index (χ4v) is 3.37. The van der Waals surface area contributed by atoms with E-state index in [-0.39, 0.29) is 29.3 Å². The van der Waals surface area contributed by atoms with Crippen LogP contribution in [0.3, 0.4) is 0 Å². The second kappa shape index (κ2) is 6.02. The van der Waals surface area contributed by atoms with Gasteiger partial charge in [-0.15, -0.1) is 0 Å². The highest BCUT2D eigenvalue weighted by Gasteiger charge is 2.36. The number of carbonyl (C=O) groups is 3. The number of H-pyrrole nitrogens is 1. The third-order valence-electron chi connectivity index (χ3n) is 4.79. The van der Waals surface area contributed by atoms with Crippen LogP contribution in [-0.4, -0.2) is 64.4 Å². The van der Waals surface area contributed by atoms with Gasteiger partial charge >= 0.3 is 0 Å². The van der Waals surface area contributed by atoms with Crippen LogP contribution in [0.5, 0.6) is 0 Å². The molecule has 0 aromatic carbocycles. The number of likely N-dealkylation sites (tertiary alicyclic amines) is 2. The number of primary amides is 1. The Morgan fingerprint density at radius 2 is 2.04 bits per heavy atom. The molecule has 3 heterocycles. The molecule has 3 N–H and O–H groups in total. The molecular weight excluding hydrogens is 298 g/mol. The van der Waals surface area contributed by atoms with Crippen molar-refractivity contribution in [3.63, 3.8) is 0 Å². The van der Waals surface area contributed by atoms with Gasteiger partial charge < -0.3 is 15.5 Å². The molecule has 2 saturated heterocycles. The molecule has 124 valence electrons. The van der Waals surface area contributed by atoms with E-state index < -0.39 is 5.91 Å². The van der Waals surface area contributed by atoms with Crippen molar-refractivity contribution in [2.75, 3.05) is 26.7 Å². The monoisotopic (exact) mass is 319 g/mol. The SMILES string of the molecule is CN1CC(C(=O)N2CCC(c3cc(C(N)=O)n[nH]3)CC2)CC1=O. The molecule has 0 aliphatic carbocycles. The lowest BCUT2D eigenvalue weighted by Crippen LogP contribution is -2.42. The summed E-state index contributed by atoms with van der Waals surface area (Å²) in [5.41, 5.74) is 6.34. The van der Waals surface area contributed by atoms with Crippen molar-refractivity contribution in [1.82, 2.24) is 20.0 Å². The van der Waals surface area contributed by atoms with E-state index in [1.165, 1.54) is 0 Å². The zero-order valence-corrected chi connectivity index (χ0v) is 13.1. The van der Waals surface area contributed by atoms with Crippen molar-refractivity contribution in [3.8, 4) is 0 Å². The molecule has 2 fully saturated rings. The largest absolute Gasteiger partial charge is 0.364 e. The maximum absolute atomic E-state index is 12.5. The van der Waals surface area contributed by atoms with Crippen LogP contribution < -0.4 is 5.73 Å². The maximum atomic E-state index is 12.5. The Bertz CT molecular complexity index is 633. The molecule has 1 atom stereocenters. The fraction of sp³-hybridized carbons (Fsp3) is 0.600. The second-order valence-corrected chi connectivity index (χ2v) is 6.35. The van der Waals surface area contributed by atoms with Gasteiger partial charge in [0.15, 0.2) is 0 Å². The van der Waals surface area contributed by atoms with E-state index >= 15 is 0 Å². The predicted molar refractivity (Wildman–Crippen MR) is 81.4 cm³/mol. The Morgan fingerprint density at radius 1 is 1.35 bits per heavy atom. The van der Waals surface area contributed by atoms with Gasteiger partial charge in [0.05, 0.1) is 5.92 Å². The van der Waals surface area contributed by atoms with E-state index in [0.29, 0.717) is 26.1 Å². The van der Waals surface area contributed by atoms with Crippen molar-refractivity contribution >= 4 is 17.7 Å². The lowest BCUT2D eigenvalue weighted by atomic mass is 9.92. The van der Waals surface area contributed by atoms with Crippen LogP contribution in [0.15, 0.2) is 6.07 Å². The smallest absolute Gasteiger partial charge is 0.269 e. The number of piperidine rings is 1. The first-order valence-corrected chi connectivity index (χ1v) is 7.83. The van der Waals surface area contributed by atoms with Crippen molar-refractivity contribution < 1.29 is 14.4 Å². The van der Waals surface area contributed by atoms with E-state index in [4.69, 9.17) is 5.73 Å². The average Bonchev–Trinajstić information content (AvgIpc) is 3.15. The molecule has 3 rings (SSSR count). The molecule has 23 heavy (non-hydrogen) atoms. The number of nitrogens with two attached hydrogens (primary N) is 1. The molecule has 2 aliphatic rings. The van der Waals surface area contributed by atoms with Gasteiger partial charge in [0.25, 0.3) is 5.91 Å². The summed E-state index contributed by atoms with van der Waals surface area (Å²) in [6.45, 7) is 1.83. The molecule has 3 amide bonds. The van der Waals surface area contributed by atoms with Crippen LogP contribution in [0.25, 0.3) is 0 Å². The normalized spacial score (nSPS) is 22.7. The van der Waals surface area contributed by atoms with Crippen LogP contribution in [0, 0.1) is 5.92 Å². The first-order chi connectivity index (χ1) is 11.0. The molecule has 1 aromatic rings. The molecule has 2 aliphatic heterocycles. The van der Waals surface area contributed by atoms with Crippen molar-refractivity contribution in [1.29, 1.82) is 0 Å². The Morgan fingerprint density at radius 3 is 2.57 bits per heavy atom. The number of hydrogen-bond acceptors (Lipinski definition) is 4. The third-order valence-corrected chi connectivity index (χ3v) is 4.79. The van der Waals surface area contributed by atoms with Gasteiger partial charge in [0.1, 0.15) is 5.69 Å². The quantitative estimate of drug-likeness (QED) is 0.796. The zero-order chi connectivity index (χ0) is 16.6. The fourth-order valence-electron chi connectivity index (χ4n) is 3.37. The third kappa shape index (κ3) is 3.06. The molecule has 8 heteroatoms. The molecule has 0 saturated carbocycles. The summed E-state index contributed by atoms with van der Waals surface area (Å²) in [5, 5.41) is 6.76. The second-order valence-electron chi connectivity index (χ2n) is 6.35. The van der Waals surface area contributed by atoms with Gasteiger partial charge in [-0.25, -0.2) is 0 Å². The average molecular weight is 319 g/mol. The summed E-state index contributed by atoms with van der Waals surface area (Å²) in [6.07, 6.45) is 1.93. The number of rotatable bonds is 3. The Hall–Kier alpha value is -2.38. The number of hydrogen-bond donors (Lipinski definition) is 2. The van der Waals surface area contributed by atoms with Crippen LogP contribution in [-0.2, 0) is 9.59 Å². The van der Waals surface area contributed by atoms with E-state index in [0.717, 1.165) is 18.5 Å². The number of nitrogens with zero attached hydrogens (tertiary/aromatic N) is 3. The van der Waals surface area contributed by atoms with E-state index in [2.05, 4.69) is 10.2 Å². The lowest BCUT2D eigenvalue weighted by molar-refractivity contribution is -0.136. The van der Waals surface area contributed by atoms with Crippen LogP contribution >= 0.6 is 0 Å². The number of aromatic nitrogens is 2. The molecular formula is C15H21N5O3. The number of amides is 3. The van der Waals surface area contributed by atoms with Crippen LogP contribution in [0.1, 0.15) is 41.4 Å². The Balaban J connectivity index is 1.56. The number of aromatic amines is 1. The highest BCUT2D eigenvalue weighted by molar-refractivity contribution is 5.91. The minimum Gasteiger partial charge on any atom is -0.364 e. The Kier molecular flexibility index (Phi) is 4.06. The highest BCUT2D eigenvalue weighted by Crippen LogP contribution is 2.29. The summed E-state index contributed by atoms with van der Waals surface area (Å²) in [5.74, 6) is -0.404. The molecule has 0 bridgehead atoms. The standard InChI is InChI=1S/C15H21N5O3/c1-19-8-10(6-13(19)21)15(23)20-4-2-9(3-5-20)11-7-12(14(16)22)18-17-11/h7,9-10H,2-6,8H2,1H3,(H2,16,22)(H,17,18). The first-order valence-electron chi connectivity index (χ1n) is 7.83. The van der Waals surface area contributed by atoms with Crippen molar-refractivity contribution in [2.45, 2.75) is 25.2 Å². The minimum atomic E-state index is -0.546. The van der Waals surface area contributed by atoms with Gasteiger partial charge in [-0.05, 0) is 18.9 Å². The summed E-state index contributed by atoms with van der Waals surface area (Å²) < 4.78 is 0. The summed E-state index contributed by atoms with van der Waals surface area (Å²) in [7, 11) is 1.73. The van der Waals surface area contributed by atoms with Crippen molar-refractivity contribution in [3.05, 3.63) is 17.5 Å². The van der Waals surface area contributed by atoms with Gasteiger partial charge in [-0.1, -0.05) is 0 Å². The van der Waals surface area contributed by atoms with Gasteiger partial charge in [-0.3, -0.25) is 19.5 Å². The molecule has 0 radical (unpaired) electrons. The topological polar surface area (TPSA) is 112 Å². The molecule has 0 spiro atoms. The van der Waals surface area contributed by atoms with E-state index in [1.807, 2.05) is 4.90 Å². The van der Waals surface area contributed by atoms with Gasteiger partial charge in [0, 0.05) is 44.7 Å². The van der Waals surface area contributed by atoms with E-state index in [9.17, 15) is 14.4 Å². The summed E-state index contributed by atoms with van der Waals surface area (Å²) in [6, 6.07) is 1.69. The zero-order valence-electron chi connectivity index (χ0n) is 13.1. The van der Waals surface area contributed by atoms with E-state index in [1.54, 1.807) is 18.0 Å². The highest BCUT2D eigenvalue weighted by atomic mass is 16.2. The van der Waals surface area contributed by atoms with Crippen LogP contribution in [0.4, 0.5) is 0 Å². The lowest BCUT2D eigenvalue weighted by Gasteiger charge is -2.33. The number of nitrogens with one attached hydrogen (secondary N) is 1. The first kappa shape index (κ1) is 15.5. The summed E-state index contributed by atoms with van der Waals surface area (Å²) >= 11 is 0. The van der Waals surface area contributed by atoms with Crippen LogP contribution in [0.2, 0.25) is 0 Å². The molecule has 1 unspecified atom stereocenters. The molecule has 1 aromatic heterocycles. The molecule has 8 nitrogen and oxygen atoms in total. The number of carbonyl (C=O) groups excluding carboxylic acids is 3. The van der Waals surface area contributed by atoms with Gasteiger partial charge in [-0.2, -0.15) is 5.10 Å². The summed E-state index contributed by atoms with van der Waals surface area (Å²) in [4.78, 5) is 38.6. The maximum Gasteiger partial charge on any atom is 0.269 e. The van der Waals surface area contributed by atoms with Crippen molar-refractivity contribution in [2.24, 2.45) is 11.7 Å². The van der Waals surface area contributed by atoms with Gasteiger partial charge in [0.2, 0.25) is 11.8 Å².